The average molecular weight is 282 g/mol. The molecule has 6 nitrogen and oxygen atoms in total. The Labute approximate surface area is 111 Å². The molecule has 0 radical (unpaired) electrons. The van der Waals surface area contributed by atoms with E-state index in [2.05, 4.69) is 19.7 Å². The molecule has 2 aromatic rings. The highest BCUT2D eigenvalue weighted by atomic mass is 32.1. The van der Waals surface area contributed by atoms with E-state index in [-0.39, 0.29) is 5.69 Å². The lowest BCUT2D eigenvalue weighted by Crippen LogP contribution is -2.01. The minimum absolute atomic E-state index is 0.0905. The molecule has 3 rings (SSSR count). The topological polar surface area (TPSA) is 88.0 Å². The number of nitrogens with one attached hydrogen (secondary N) is 1. The van der Waals surface area contributed by atoms with E-state index in [4.69, 9.17) is 5.11 Å². The van der Waals surface area contributed by atoms with Crippen LogP contribution in [0.25, 0.3) is 0 Å². The van der Waals surface area contributed by atoms with Crippen molar-refractivity contribution in [1.29, 1.82) is 0 Å². The summed E-state index contributed by atoms with van der Waals surface area (Å²) in [5.41, 5.74) is 0.0905. The number of aromatic carboxylic acids is 1. The third-order valence-electron chi connectivity index (χ3n) is 2.55. The number of hydrogen-bond acceptors (Lipinski definition) is 7. The van der Waals surface area contributed by atoms with Crippen LogP contribution in [0.4, 0.5) is 5.13 Å². The first-order chi connectivity index (χ1) is 8.72. The zero-order valence-corrected chi connectivity index (χ0v) is 10.9. The molecule has 8 heteroatoms. The number of nitrogens with zero attached hydrogens (tertiary/aromatic N) is 3. The summed E-state index contributed by atoms with van der Waals surface area (Å²) < 4.78 is 4.28. The summed E-state index contributed by atoms with van der Waals surface area (Å²) in [6.07, 6.45) is 2.37. The van der Waals surface area contributed by atoms with Crippen molar-refractivity contribution in [3.8, 4) is 0 Å². The van der Waals surface area contributed by atoms with E-state index in [1.54, 1.807) is 0 Å². The lowest BCUT2D eigenvalue weighted by atomic mass is 10.4. The number of carboxylic acids is 1. The van der Waals surface area contributed by atoms with Gasteiger partial charge in [-0.25, -0.2) is 14.8 Å². The molecule has 2 N–H and O–H groups in total. The van der Waals surface area contributed by atoms with Gasteiger partial charge in [0, 0.05) is 22.8 Å². The third-order valence-corrected chi connectivity index (χ3v) is 4.08. The number of anilines is 1. The van der Waals surface area contributed by atoms with E-state index < -0.39 is 5.97 Å². The second-order valence-corrected chi connectivity index (χ2v) is 5.71. The summed E-state index contributed by atoms with van der Waals surface area (Å²) in [7, 11) is 0. The van der Waals surface area contributed by atoms with E-state index >= 15 is 0 Å². The van der Waals surface area contributed by atoms with E-state index in [0.29, 0.717) is 12.5 Å². The van der Waals surface area contributed by atoms with Crippen LogP contribution in [0.5, 0.6) is 0 Å². The SMILES string of the molecule is O=C(O)c1csc(CNc2nc(C3CC3)ns2)n1. The number of hydrogen-bond donors (Lipinski definition) is 2. The maximum absolute atomic E-state index is 10.7. The molecule has 1 aliphatic carbocycles. The van der Waals surface area contributed by atoms with Gasteiger partial charge in [0.1, 0.15) is 10.8 Å². The second-order valence-electron chi connectivity index (χ2n) is 4.02. The predicted molar refractivity (Wildman–Crippen MR) is 68.3 cm³/mol. The number of thiazole rings is 1. The molecule has 0 aromatic carbocycles. The number of carboxylic acid groups (broad SMARTS) is 1. The number of aromatic nitrogens is 3. The minimum atomic E-state index is -0.996. The van der Waals surface area contributed by atoms with Crippen LogP contribution in [0, 0.1) is 0 Å². The molecule has 0 bridgehead atoms. The molecule has 18 heavy (non-hydrogen) atoms. The van der Waals surface area contributed by atoms with E-state index in [9.17, 15) is 4.79 Å². The fraction of sp³-hybridized carbons (Fsp3) is 0.400. The highest BCUT2D eigenvalue weighted by Crippen LogP contribution is 2.39. The molecule has 1 aliphatic rings. The smallest absolute Gasteiger partial charge is 0.355 e. The lowest BCUT2D eigenvalue weighted by Gasteiger charge is -1.96. The molecule has 94 valence electrons. The molecule has 0 unspecified atom stereocenters. The van der Waals surface area contributed by atoms with Crippen molar-refractivity contribution in [2.45, 2.75) is 25.3 Å². The van der Waals surface area contributed by atoms with Crippen molar-refractivity contribution in [2.24, 2.45) is 0 Å². The van der Waals surface area contributed by atoms with Crippen molar-refractivity contribution >= 4 is 34.0 Å². The number of carbonyl (C=O) groups is 1. The fourth-order valence-electron chi connectivity index (χ4n) is 1.46. The third kappa shape index (κ3) is 2.49. The van der Waals surface area contributed by atoms with Crippen LogP contribution in [0.15, 0.2) is 5.38 Å². The van der Waals surface area contributed by atoms with E-state index in [1.807, 2.05) is 0 Å². The zero-order valence-electron chi connectivity index (χ0n) is 9.29. The van der Waals surface area contributed by atoms with Gasteiger partial charge in [0.2, 0.25) is 5.13 Å². The standard InChI is InChI=1S/C10H10N4O2S2/c15-9(16)6-4-17-7(12-6)3-11-10-13-8(14-18-10)5-1-2-5/h4-5H,1-3H2,(H,15,16)(H,11,13,14). The van der Waals surface area contributed by atoms with Gasteiger partial charge in [-0.1, -0.05) is 0 Å². The molecule has 0 aliphatic heterocycles. The van der Waals surface area contributed by atoms with Crippen LogP contribution in [-0.4, -0.2) is 25.4 Å². The van der Waals surface area contributed by atoms with Gasteiger partial charge in [-0.15, -0.1) is 11.3 Å². The Balaban J connectivity index is 1.60. The first kappa shape index (κ1) is 11.5. The highest BCUT2D eigenvalue weighted by Gasteiger charge is 2.27. The van der Waals surface area contributed by atoms with Crippen molar-refractivity contribution in [2.75, 3.05) is 5.32 Å². The van der Waals surface area contributed by atoms with E-state index in [0.717, 1.165) is 16.0 Å². The van der Waals surface area contributed by atoms with Gasteiger partial charge in [0.25, 0.3) is 0 Å². The van der Waals surface area contributed by atoms with Gasteiger partial charge in [-0.2, -0.15) is 4.37 Å². The van der Waals surface area contributed by atoms with Gasteiger partial charge in [-0.05, 0) is 12.8 Å². The van der Waals surface area contributed by atoms with Crippen LogP contribution >= 0.6 is 22.9 Å². The van der Waals surface area contributed by atoms with Crippen molar-refractivity contribution in [3.05, 3.63) is 21.9 Å². The Bertz CT molecular complexity index is 576. The quantitative estimate of drug-likeness (QED) is 0.874. The molecule has 0 atom stereocenters. The monoisotopic (exact) mass is 282 g/mol. The summed E-state index contributed by atoms with van der Waals surface area (Å²) in [5.74, 6) is 0.479. The lowest BCUT2D eigenvalue weighted by molar-refractivity contribution is 0.0691. The van der Waals surface area contributed by atoms with E-state index in [1.165, 1.54) is 41.1 Å². The van der Waals surface area contributed by atoms with Gasteiger partial charge >= 0.3 is 5.97 Å². The fourth-order valence-corrected chi connectivity index (χ4v) is 2.80. The highest BCUT2D eigenvalue weighted by molar-refractivity contribution is 7.10. The maximum Gasteiger partial charge on any atom is 0.355 e. The molecular weight excluding hydrogens is 272 g/mol. The molecule has 0 amide bonds. The Morgan fingerprint density at radius 1 is 1.50 bits per heavy atom. The Hall–Kier alpha value is -1.54. The molecule has 0 spiro atoms. The van der Waals surface area contributed by atoms with Crippen LogP contribution in [0.3, 0.4) is 0 Å². The Morgan fingerprint density at radius 3 is 3.00 bits per heavy atom. The molecule has 2 heterocycles. The average Bonchev–Trinajstić information content (AvgIpc) is 2.92. The van der Waals surface area contributed by atoms with Crippen LogP contribution < -0.4 is 5.32 Å². The molecule has 2 aromatic heterocycles. The summed E-state index contributed by atoms with van der Waals surface area (Å²) in [5, 5.41) is 14.9. The van der Waals surface area contributed by atoms with Gasteiger partial charge in [-0.3, -0.25) is 0 Å². The minimum Gasteiger partial charge on any atom is -0.476 e. The zero-order chi connectivity index (χ0) is 12.5. The van der Waals surface area contributed by atoms with Crippen molar-refractivity contribution < 1.29 is 9.90 Å². The summed E-state index contributed by atoms with van der Waals surface area (Å²) in [6, 6.07) is 0. The van der Waals surface area contributed by atoms with Crippen LogP contribution in [-0.2, 0) is 6.54 Å². The molecule has 1 saturated carbocycles. The summed E-state index contributed by atoms with van der Waals surface area (Å²) in [6.45, 7) is 0.483. The predicted octanol–water partition coefficient (Wildman–Crippen LogP) is 2.18. The van der Waals surface area contributed by atoms with Gasteiger partial charge in [0.05, 0.1) is 6.54 Å². The first-order valence-electron chi connectivity index (χ1n) is 5.47. The largest absolute Gasteiger partial charge is 0.476 e. The van der Waals surface area contributed by atoms with Crippen LogP contribution in [0.2, 0.25) is 0 Å². The maximum atomic E-state index is 10.7. The Kier molecular flexibility index (Phi) is 2.96. The van der Waals surface area contributed by atoms with Crippen molar-refractivity contribution in [1.82, 2.24) is 14.3 Å². The molecule has 1 fully saturated rings. The summed E-state index contributed by atoms with van der Waals surface area (Å²) >= 11 is 2.66. The Morgan fingerprint density at radius 2 is 2.33 bits per heavy atom. The van der Waals surface area contributed by atoms with Crippen LogP contribution in [0.1, 0.15) is 40.1 Å². The summed E-state index contributed by atoms with van der Waals surface area (Å²) in [4.78, 5) is 19.1. The molecular formula is C10H10N4O2S2. The van der Waals surface area contributed by atoms with Gasteiger partial charge < -0.3 is 10.4 Å². The first-order valence-corrected chi connectivity index (χ1v) is 7.13. The number of rotatable bonds is 5. The normalized spacial score (nSPS) is 14.7. The van der Waals surface area contributed by atoms with Crippen molar-refractivity contribution in [3.63, 3.8) is 0 Å². The molecule has 0 saturated heterocycles. The van der Waals surface area contributed by atoms with Gasteiger partial charge in [0.15, 0.2) is 5.69 Å². The second kappa shape index (κ2) is 4.62.